The number of aromatic amines is 1. The Bertz CT molecular complexity index is 730. The number of aryl methyl sites for hydroxylation is 2. The van der Waals surface area contributed by atoms with E-state index in [0.29, 0.717) is 12.8 Å². The Labute approximate surface area is 140 Å². The minimum atomic E-state index is -0.975. The second-order valence-electron chi connectivity index (χ2n) is 6.34. The number of aliphatic hydroxyl groups excluding tert-OH is 2. The van der Waals surface area contributed by atoms with Crippen LogP contribution in [0.1, 0.15) is 17.8 Å². The summed E-state index contributed by atoms with van der Waals surface area (Å²) in [6.07, 6.45) is -1.00. The number of amides is 1. The van der Waals surface area contributed by atoms with E-state index in [1.54, 1.807) is 7.05 Å². The molecule has 1 aliphatic heterocycles. The average Bonchev–Trinajstić information content (AvgIpc) is 2.93. The fraction of sp³-hybridized carbons (Fsp3) is 0.529. The zero-order valence-corrected chi connectivity index (χ0v) is 13.9. The number of hydrogen-bond donors (Lipinski definition) is 3. The molecule has 1 fully saturated rings. The van der Waals surface area contributed by atoms with E-state index in [0.717, 1.165) is 22.4 Å². The first kappa shape index (κ1) is 16.9. The molecule has 3 N–H and O–H groups in total. The van der Waals surface area contributed by atoms with Gasteiger partial charge < -0.3 is 24.8 Å². The predicted octanol–water partition coefficient (Wildman–Crippen LogP) is 0.383. The summed E-state index contributed by atoms with van der Waals surface area (Å²) in [5, 5.41) is 19.7. The van der Waals surface area contributed by atoms with Crippen molar-refractivity contribution >= 4 is 16.9 Å². The van der Waals surface area contributed by atoms with Gasteiger partial charge in [-0.3, -0.25) is 4.79 Å². The summed E-state index contributed by atoms with van der Waals surface area (Å²) >= 11 is 0. The third-order valence-electron chi connectivity index (χ3n) is 4.55. The molecular weight excluding hydrogens is 310 g/mol. The van der Waals surface area contributed by atoms with Crippen LogP contribution in [0.4, 0.5) is 0 Å². The highest BCUT2D eigenvalue weighted by molar-refractivity contribution is 5.78. The molecule has 24 heavy (non-hydrogen) atoms. The molecule has 1 aromatic heterocycles. The molecule has 2 heterocycles. The maximum absolute atomic E-state index is 12.4. The molecule has 3 atom stereocenters. The van der Waals surface area contributed by atoms with Gasteiger partial charge >= 0.3 is 0 Å². The minimum Gasteiger partial charge on any atom is -0.388 e. The monoisotopic (exact) mass is 333 g/mol. The lowest BCUT2D eigenvalue weighted by Gasteiger charge is -2.37. The average molecular weight is 333 g/mol. The van der Waals surface area contributed by atoms with E-state index in [4.69, 9.17) is 4.74 Å². The standard InChI is InChI=1S/C17H23N3O4/c1-10-18-12-5-3-11(7-13(12)19-10)4-6-16(22)20(2)14-8-24-9-15(21)17(14)23/h3,5,7,14-15,17,21,23H,4,6,8-9H2,1-2H3,(H,18,19)/t14-,15-,17+/m1/s1. The number of rotatable bonds is 4. The molecule has 1 saturated heterocycles. The summed E-state index contributed by atoms with van der Waals surface area (Å²) in [6.45, 7) is 2.24. The van der Waals surface area contributed by atoms with Crippen molar-refractivity contribution in [3.63, 3.8) is 0 Å². The number of nitrogens with one attached hydrogen (secondary N) is 1. The molecule has 0 radical (unpaired) electrons. The van der Waals surface area contributed by atoms with Crippen LogP contribution in [0.3, 0.4) is 0 Å². The lowest BCUT2D eigenvalue weighted by Crippen LogP contribution is -2.56. The van der Waals surface area contributed by atoms with Crippen molar-refractivity contribution in [1.82, 2.24) is 14.9 Å². The molecule has 1 aliphatic rings. The topological polar surface area (TPSA) is 98.7 Å². The van der Waals surface area contributed by atoms with E-state index in [2.05, 4.69) is 9.97 Å². The molecule has 2 aromatic rings. The molecule has 0 saturated carbocycles. The third-order valence-corrected chi connectivity index (χ3v) is 4.55. The van der Waals surface area contributed by atoms with Gasteiger partial charge in [0.15, 0.2) is 0 Å². The number of carbonyl (C=O) groups is 1. The predicted molar refractivity (Wildman–Crippen MR) is 88.5 cm³/mol. The van der Waals surface area contributed by atoms with E-state index in [1.165, 1.54) is 4.90 Å². The summed E-state index contributed by atoms with van der Waals surface area (Å²) in [4.78, 5) is 21.4. The largest absolute Gasteiger partial charge is 0.388 e. The number of ether oxygens (including phenoxy) is 1. The second-order valence-corrected chi connectivity index (χ2v) is 6.34. The molecule has 0 bridgehead atoms. The third kappa shape index (κ3) is 3.43. The number of likely N-dealkylation sites (N-methyl/N-ethyl adjacent to an activating group) is 1. The molecule has 1 aromatic carbocycles. The van der Waals surface area contributed by atoms with Crippen LogP contribution in [-0.2, 0) is 16.0 Å². The number of benzene rings is 1. The Morgan fingerprint density at radius 3 is 3.00 bits per heavy atom. The van der Waals surface area contributed by atoms with Crippen LogP contribution in [0.5, 0.6) is 0 Å². The summed E-state index contributed by atoms with van der Waals surface area (Å²) in [6, 6.07) is 5.40. The quantitative estimate of drug-likeness (QED) is 0.751. The van der Waals surface area contributed by atoms with Gasteiger partial charge in [-0.2, -0.15) is 0 Å². The summed E-state index contributed by atoms with van der Waals surface area (Å²) in [7, 11) is 1.64. The van der Waals surface area contributed by atoms with Crippen LogP contribution in [0, 0.1) is 6.92 Å². The van der Waals surface area contributed by atoms with Crippen molar-refractivity contribution in [1.29, 1.82) is 0 Å². The fourth-order valence-corrected chi connectivity index (χ4v) is 3.06. The number of hydrogen-bond acceptors (Lipinski definition) is 5. The van der Waals surface area contributed by atoms with Gasteiger partial charge in [-0.1, -0.05) is 6.07 Å². The number of fused-ring (bicyclic) bond motifs is 1. The van der Waals surface area contributed by atoms with Crippen molar-refractivity contribution in [3.05, 3.63) is 29.6 Å². The highest BCUT2D eigenvalue weighted by atomic mass is 16.5. The number of imidazole rings is 1. The second kappa shape index (κ2) is 6.88. The number of aromatic nitrogens is 2. The van der Waals surface area contributed by atoms with Gasteiger partial charge in [0.25, 0.3) is 0 Å². The highest BCUT2D eigenvalue weighted by Gasteiger charge is 2.35. The first-order valence-corrected chi connectivity index (χ1v) is 8.10. The summed E-state index contributed by atoms with van der Waals surface area (Å²) in [5.74, 6) is 0.778. The van der Waals surface area contributed by atoms with Crippen molar-refractivity contribution in [2.45, 2.75) is 38.0 Å². The maximum atomic E-state index is 12.4. The molecule has 0 aliphatic carbocycles. The van der Waals surface area contributed by atoms with Gasteiger partial charge in [0, 0.05) is 13.5 Å². The van der Waals surface area contributed by atoms with Crippen LogP contribution < -0.4 is 0 Å². The molecule has 0 unspecified atom stereocenters. The summed E-state index contributed by atoms with van der Waals surface area (Å²) < 4.78 is 5.23. The minimum absolute atomic E-state index is 0.0855. The van der Waals surface area contributed by atoms with Gasteiger partial charge in [-0.25, -0.2) is 4.98 Å². The normalized spacial score (nSPS) is 24.2. The van der Waals surface area contributed by atoms with Gasteiger partial charge in [0.2, 0.25) is 5.91 Å². The lowest BCUT2D eigenvalue weighted by atomic mass is 10.0. The molecule has 0 spiro atoms. The molecule has 7 nitrogen and oxygen atoms in total. The number of aliphatic hydroxyl groups is 2. The molecule has 3 rings (SSSR count). The molecule has 130 valence electrons. The number of H-pyrrole nitrogens is 1. The van der Waals surface area contributed by atoms with Crippen LogP contribution in [0.25, 0.3) is 11.0 Å². The van der Waals surface area contributed by atoms with Crippen molar-refractivity contribution < 1.29 is 19.7 Å². The summed E-state index contributed by atoms with van der Waals surface area (Å²) in [5.41, 5.74) is 2.93. The van der Waals surface area contributed by atoms with Gasteiger partial charge in [-0.05, 0) is 31.0 Å². The number of carbonyl (C=O) groups excluding carboxylic acids is 1. The Morgan fingerprint density at radius 1 is 1.42 bits per heavy atom. The van der Waals surface area contributed by atoms with Crippen LogP contribution >= 0.6 is 0 Å². The Morgan fingerprint density at radius 2 is 2.21 bits per heavy atom. The van der Waals surface area contributed by atoms with Crippen LogP contribution in [-0.4, -0.2) is 69.5 Å². The Balaban J connectivity index is 1.61. The molecule has 1 amide bonds. The molecular formula is C17H23N3O4. The van der Waals surface area contributed by atoms with Crippen molar-refractivity contribution in [2.75, 3.05) is 20.3 Å². The van der Waals surface area contributed by atoms with Gasteiger partial charge in [0.05, 0.1) is 30.3 Å². The first-order valence-electron chi connectivity index (χ1n) is 8.10. The maximum Gasteiger partial charge on any atom is 0.223 e. The van der Waals surface area contributed by atoms with Crippen molar-refractivity contribution in [2.24, 2.45) is 0 Å². The van der Waals surface area contributed by atoms with E-state index >= 15 is 0 Å². The lowest BCUT2D eigenvalue weighted by molar-refractivity contribution is -0.153. The Hall–Kier alpha value is -1.96. The van der Waals surface area contributed by atoms with Crippen LogP contribution in [0.2, 0.25) is 0 Å². The smallest absolute Gasteiger partial charge is 0.223 e. The van der Waals surface area contributed by atoms with Crippen LogP contribution in [0.15, 0.2) is 18.2 Å². The zero-order valence-electron chi connectivity index (χ0n) is 13.9. The highest BCUT2D eigenvalue weighted by Crippen LogP contribution is 2.17. The van der Waals surface area contributed by atoms with E-state index in [-0.39, 0.29) is 19.1 Å². The van der Waals surface area contributed by atoms with Gasteiger partial charge in [0.1, 0.15) is 18.0 Å². The molecule has 7 heteroatoms. The first-order chi connectivity index (χ1) is 11.5. The Kier molecular flexibility index (Phi) is 4.84. The SMILES string of the molecule is Cc1nc2ccc(CCC(=O)N(C)[C@@H]3COC[C@@H](O)[C@H]3O)cc2[nH]1. The number of nitrogens with zero attached hydrogens (tertiary/aromatic N) is 2. The fourth-order valence-electron chi connectivity index (χ4n) is 3.06. The van der Waals surface area contributed by atoms with E-state index in [9.17, 15) is 15.0 Å². The zero-order chi connectivity index (χ0) is 17.3. The van der Waals surface area contributed by atoms with E-state index < -0.39 is 18.2 Å². The van der Waals surface area contributed by atoms with Gasteiger partial charge in [-0.15, -0.1) is 0 Å². The van der Waals surface area contributed by atoms with Crippen molar-refractivity contribution in [3.8, 4) is 0 Å². The van der Waals surface area contributed by atoms with E-state index in [1.807, 2.05) is 25.1 Å².